The topological polar surface area (TPSA) is 169 Å². The Bertz CT molecular complexity index is 1960. The van der Waals surface area contributed by atoms with E-state index < -0.39 is 30.2 Å². The minimum Gasteiger partial charge on any atom is -1.00 e. The summed E-state index contributed by atoms with van der Waals surface area (Å²) in [6.07, 6.45) is 2.04. The van der Waals surface area contributed by atoms with Gasteiger partial charge in [-0.2, -0.15) is 0 Å². The van der Waals surface area contributed by atoms with Crippen molar-refractivity contribution in [3.63, 3.8) is 0 Å². The van der Waals surface area contributed by atoms with E-state index in [9.17, 15) is 29.7 Å². The summed E-state index contributed by atoms with van der Waals surface area (Å²) in [6, 6.07) is 5.70. The summed E-state index contributed by atoms with van der Waals surface area (Å²) in [6.45, 7) is 13.7. The number of hydrogen-bond donors (Lipinski definition) is 5. The van der Waals surface area contributed by atoms with Crippen LogP contribution in [0, 0.1) is 13.8 Å². The maximum atomic E-state index is 12.7. The fourth-order valence-electron chi connectivity index (χ4n) is 6.53. The van der Waals surface area contributed by atoms with Gasteiger partial charge in [-0.15, -0.1) is 0 Å². The molecule has 0 spiro atoms. The third-order valence-electron chi connectivity index (χ3n) is 8.95. The van der Waals surface area contributed by atoms with Gasteiger partial charge in [-0.05, 0) is 74.1 Å². The van der Waals surface area contributed by atoms with Crippen LogP contribution in [-0.2, 0) is 22.4 Å². The quantitative estimate of drug-likeness (QED) is 0.177. The van der Waals surface area contributed by atoms with Gasteiger partial charge in [-0.3, -0.25) is 14.6 Å². The predicted octanol–water partition coefficient (Wildman–Crippen LogP) is 6.53. The van der Waals surface area contributed by atoms with Crippen molar-refractivity contribution in [3.05, 3.63) is 81.4 Å². The number of carboxylic acids is 3. The molecule has 2 aliphatic heterocycles. The molecule has 0 unspecified atom stereocenters. The van der Waals surface area contributed by atoms with Crippen molar-refractivity contribution >= 4 is 74.2 Å². The van der Waals surface area contributed by atoms with Crippen LogP contribution in [0.3, 0.4) is 0 Å². The van der Waals surface area contributed by atoms with Gasteiger partial charge in [0.2, 0.25) is 0 Å². The van der Waals surface area contributed by atoms with Crippen LogP contribution in [0.1, 0.15) is 104 Å². The van der Waals surface area contributed by atoms with E-state index in [1.54, 1.807) is 13.0 Å². The zero-order valence-corrected chi connectivity index (χ0v) is 27.6. The van der Waals surface area contributed by atoms with Gasteiger partial charge in [-0.1, -0.05) is 26.5 Å². The van der Waals surface area contributed by atoms with E-state index in [0.29, 0.717) is 28.2 Å². The van der Waals surface area contributed by atoms with Gasteiger partial charge in [0.1, 0.15) is 0 Å². The van der Waals surface area contributed by atoms with Gasteiger partial charge in [0.15, 0.2) is 0 Å². The van der Waals surface area contributed by atoms with Crippen molar-refractivity contribution in [1.82, 2.24) is 19.9 Å². The molecule has 0 amide bonds. The molecule has 10 nitrogen and oxygen atoms in total. The number of rotatable bonds is 8. The third-order valence-corrected chi connectivity index (χ3v) is 8.95. The van der Waals surface area contributed by atoms with Gasteiger partial charge in [-0.25, -0.2) is 9.78 Å². The monoisotopic (exact) mass is 622 g/mol. The molecule has 232 valence electrons. The number of H-pyrrole nitrogens is 2. The zero-order valence-electron chi connectivity index (χ0n) is 28.2. The van der Waals surface area contributed by atoms with Gasteiger partial charge >= 0.3 is 41.0 Å². The summed E-state index contributed by atoms with van der Waals surface area (Å²) in [5.41, 5.74) is 9.27. The molecule has 0 aliphatic carbocycles. The summed E-state index contributed by atoms with van der Waals surface area (Å²) in [7, 11) is 0. The fraction of sp³-hybridized carbons (Fsp3) is 0.324. The van der Waals surface area contributed by atoms with E-state index in [1.807, 2.05) is 45.9 Å². The molecule has 11 heteroatoms. The summed E-state index contributed by atoms with van der Waals surface area (Å²) >= 11 is 0. The predicted molar refractivity (Wildman–Crippen MR) is 177 cm³/mol. The molecule has 0 fully saturated rings. The molecule has 0 radical (unpaired) electrons. The van der Waals surface area contributed by atoms with Crippen LogP contribution in [0.5, 0.6) is 0 Å². The van der Waals surface area contributed by atoms with E-state index in [4.69, 9.17) is 9.97 Å². The van der Waals surface area contributed by atoms with Gasteiger partial charge in [0.25, 0.3) is 0 Å². The number of carbonyl (C=O) groups is 3. The standard InChI is InChI=1S/C34H36N4O6.Mg.2H/c1-7-19-15(3)23-12-25-17(5)21(9-10-29(39)40)32(37-25)22(11-30(41)42)33-31(34(43)44)18(6)26(38-33)14-28-20(8-2)16(4)24(36-28)13-27(19)35-23;;;/h7,12-14,17,21,36,38H,1,8-11H2,2-6H3,(H,39,40)(H,41,42)(H,43,44);;;/q;+2;2*-1/t17-,21-;;;/m0.../s1. The number of aromatic amines is 2. The smallest absolute Gasteiger partial charge is 1.00 e. The molecule has 8 bridgehead atoms. The van der Waals surface area contributed by atoms with Crippen LogP contribution in [0.25, 0.3) is 33.2 Å². The van der Waals surface area contributed by atoms with Crippen molar-refractivity contribution in [2.45, 2.75) is 72.1 Å². The molecule has 2 atom stereocenters. The van der Waals surface area contributed by atoms with Crippen LogP contribution >= 0.6 is 0 Å². The minimum atomic E-state index is -1.20. The molecule has 5 heterocycles. The molecule has 5 N–H and O–H groups in total. The number of aryl methyl sites for hydroxylation is 3. The number of allylic oxidation sites excluding steroid dienone is 3. The maximum absolute atomic E-state index is 12.7. The van der Waals surface area contributed by atoms with E-state index in [2.05, 4.69) is 16.5 Å². The third kappa shape index (κ3) is 6.06. The second-order valence-electron chi connectivity index (χ2n) is 11.5. The zero-order chi connectivity index (χ0) is 32.0. The molecular weight excluding hydrogens is 585 g/mol. The average molecular weight is 623 g/mol. The van der Waals surface area contributed by atoms with Crippen molar-refractivity contribution < 1.29 is 32.6 Å². The number of fused-ring (bicyclic) bond motifs is 8. The number of nitrogens with zero attached hydrogens (tertiary/aromatic N) is 2. The van der Waals surface area contributed by atoms with Crippen LogP contribution < -0.4 is 0 Å². The maximum Gasteiger partial charge on any atom is 2.00 e. The summed E-state index contributed by atoms with van der Waals surface area (Å²) in [5.74, 6) is -4.08. The Labute approximate surface area is 279 Å². The molecule has 2 aliphatic rings. The molecule has 3 aromatic rings. The van der Waals surface area contributed by atoms with Crippen LogP contribution in [-0.4, -0.2) is 76.2 Å². The number of aromatic nitrogens is 4. The molecule has 0 aromatic carbocycles. The number of hydrogen-bond acceptors (Lipinski definition) is 5. The SMILES string of the molecule is C=CC1=C(C)c2cc3nc(c(CC(=O)O)c4[nH]c(cc5[nH]c(cc1n2)c(C)c5CC)c(C)c4C(=O)O)[C@@H](CCC(=O)O)[C@@H]3C.[H-].[H-].[Mg+2]. The number of aliphatic carboxylic acids is 2. The van der Waals surface area contributed by atoms with E-state index in [-0.39, 0.29) is 61.3 Å². The van der Waals surface area contributed by atoms with Crippen molar-refractivity contribution in [2.75, 3.05) is 0 Å². The molecule has 0 saturated carbocycles. The first-order chi connectivity index (χ1) is 20.9. The van der Waals surface area contributed by atoms with E-state index >= 15 is 0 Å². The normalized spacial score (nSPS) is 15.9. The first-order valence-electron chi connectivity index (χ1n) is 14.6. The van der Waals surface area contributed by atoms with Gasteiger partial charge in [0, 0.05) is 51.6 Å². The number of aromatic carboxylic acids is 1. The first kappa shape index (κ1) is 33.7. The largest absolute Gasteiger partial charge is 2.00 e. The minimum absolute atomic E-state index is 0. The molecule has 0 saturated heterocycles. The van der Waals surface area contributed by atoms with E-state index in [1.165, 1.54) is 0 Å². The Hall–Kier alpha value is -4.22. The Balaban J connectivity index is 0.00000256. The Morgan fingerprint density at radius 1 is 0.933 bits per heavy atom. The number of nitrogens with one attached hydrogen (secondary N) is 2. The molecule has 3 aromatic heterocycles. The molecule has 5 rings (SSSR count). The van der Waals surface area contributed by atoms with Crippen molar-refractivity contribution in [1.29, 1.82) is 0 Å². The van der Waals surface area contributed by atoms with Crippen molar-refractivity contribution in [2.24, 2.45) is 0 Å². The second kappa shape index (κ2) is 13.0. The van der Waals surface area contributed by atoms with Crippen LogP contribution in [0.4, 0.5) is 0 Å². The Kier molecular flexibility index (Phi) is 9.74. The Morgan fingerprint density at radius 3 is 2.22 bits per heavy atom. The summed E-state index contributed by atoms with van der Waals surface area (Å²) < 4.78 is 0. The number of carboxylic acid groups (broad SMARTS) is 3. The van der Waals surface area contributed by atoms with Crippen LogP contribution in [0.2, 0.25) is 0 Å². The molecule has 45 heavy (non-hydrogen) atoms. The van der Waals surface area contributed by atoms with Gasteiger partial charge < -0.3 is 28.1 Å². The average Bonchev–Trinajstić information content (AvgIpc) is 3.63. The van der Waals surface area contributed by atoms with E-state index in [0.717, 1.165) is 45.4 Å². The summed E-state index contributed by atoms with van der Waals surface area (Å²) in [5, 5.41) is 29.9. The van der Waals surface area contributed by atoms with Gasteiger partial charge in [0.05, 0.1) is 34.6 Å². The molecular formula is C34H38MgN4O6. The fourth-order valence-corrected chi connectivity index (χ4v) is 6.53. The van der Waals surface area contributed by atoms with Crippen molar-refractivity contribution in [3.8, 4) is 0 Å². The first-order valence-corrected chi connectivity index (χ1v) is 14.6. The Morgan fingerprint density at radius 2 is 1.62 bits per heavy atom. The van der Waals surface area contributed by atoms with Crippen LogP contribution in [0.15, 0.2) is 30.9 Å². The second-order valence-corrected chi connectivity index (χ2v) is 11.5. The summed E-state index contributed by atoms with van der Waals surface area (Å²) in [4.78, 5) is 53.2.